The normalized spacial score (nSPS) is 21.2. The van der Waals surface area contributed by atoms with Crippen molar-refractivity contribution in [3.05, 3.63) is 47.5 Å². The fourth-order valence-electron chi connectivity index (χ4n) is 3.28. The number of amides is 1. The molecule has 1 aromatic heterocycles. The Balaban J connectivity index is 1.30. The fraction of sp³-hybridized carbons (Fsp3) is 0.429. The smallest absolute Gasteiger partial charge is 0.229 e. The molecule has 0 spiro atoms. The summed E-state index contributed by atoms with van der Waals surface area (Å²) in [6.07, 6.45) is 6.54. The zero-order valence-corrected chi connectivity index (χ0v) is 16.3. The molecule has 0 bridgehead atoms. The summed E-state index contributed by atoms with van der Waals surface area (Å²) in [7, 11) is 1.64. The van der Waals surface area contributed by atoms with Crippen LogP contribution >= 0.6 is 11.3 Å². The highest BCUT2D eigenvalue weighted by Gasteiger charge is 2.37. The molecule has 1 N–H and O–H groups in total. The molecule has 2 aliphatic rings. The van der Waals surface area contributed by atoms with Crippen LogP contribution in [0.5, 0.6) is 11.5 Å². The minimum absolute atomic E-state index is 0.0226. The summed E-state index contributed by atoms with van der Waals surface area (Å²) in [6, 6.07) is 5.91. The molecule has 1 aromatic carbocycles. The number of aromatic nitrogens is 1. The van der Waals surface area contributed by atoms with E-state index in [1.54, 1.807) is 7.11 Å². The van der Waals surface area contributed by atoms with Crippen LogP contribution in [0.2, 0.25) is 0 Å². The lowest BCUT2D eigenvalue weighted by atomic mass is 9.81. The molecular formula is C21H24N2O3S. The van der Waals surface area contributed by atoms with Gasteiger partial charge in [-0.25, -0.2) is 4.98 Å². The zero-order valence-electron chi connectivity index (χ0n) is 15.4. The molecule has 4 rings (SSSR count). The molecule has 0 atom stereocenters. The van der Waals surface area contributed by atoms with Crippen molar-refractivity contribution in [2.75, 3.05) is 12.4 Å². The number of nitrogens with zero attached hydrogens (tertiary/aromatic N) is 1. The Labute approximate surface area is 163 Å². The van der Waals surface area contributed by atoms with Crippen LogP contribution in [0.4, 0.5) is 5.13 Å². The van der Waals surface area contributed by atoms with Gasteiger partial charge in [0.05, 0.1) is 12.8 Å². The number of anilines is 1. The van der Waals surface area contributed by atoms with Crippen molar-refractivity contribution in [1.82, 2.24) is 4.98 Å². The van der Waals surface area contributed by atoms with Gasteiger partial charge in [-0.2, -0.15) is 0 Å². The minimum Gasteiger partial charge on any atom is -0.493 e. The predicted molar refractivity (Wildman–Crippen MR) is 107 cm³/mol. The maximum atomic E-state index is 12.4. The second kappa shape index (κ2) is 7.72. The van der Waals surface area contributed by atoms with E-state index in [1.165, 1.54) is 24.2 Å². The lowest BCUT2D eigenvalue weighted by Gasteiger charge is -2.34. The predicted octanol–water partition coefficient (Wildman–Crippen LogP) is 4.55. The van der Waals surface area contributed by atoms with Crippen LogP contribution in [0.15, 0.2) is 36.2 Å². The van der Waals surface area contributed by atoms with E-state index in [1.807, 2.05) is 24.3 Å². The van der Waals surface area contributed by atoms with Crippen molar-refractivity contribution in [3.8, 4) is 11.5 Å². The number of nitrogens with one attached hydrogen (secondary N) is 1. The summed E-state index contributed by atoms with van der Waals surface area (Å²) in [6.45, 7) is 3.77. The van der Waals surface area contributed by atoms with E-state index in [0.717, 1.165) is 23.4 Å². The fourth-order valence-corrected chi connectivity index (χ4v) is 4.08. The number of rotatable bonds is 8. The number of hydrogen-bond donors (Lipinski definition) is 1. The number of carbonyl (C=O) groups excluding carboxylic acids is 1. The van der Waals surface area contributed by atoms with Gasteiger partial charge in [-0.15, -0.1) is 17.9 Å². The Hall–Kier alpha value is -2.34. The van der Waals surface area contributed by atoms with Gasteiger partial charge in [-0.3, -0.25) is 4.79 Å². The van der Waals surface area contributed by atoms with Crippen molar-refractivity contribution in [1.29, 1.82) is 0 Å². The van der Waals surface area contributed by atoms with Crippen LogP contribution in [0.1, 0.15) is 42.9 Å². The van der Waals surface area contributed by atoms with Crippen molar-refractivity contribution < 1.29 is 14.3 Å². The van der Waals surface area contributed by atoms with Crippen molar-refractivity contribution in [3.63, 3.8) is 0 Å². The molecule has 1 heterocycles. The monoisotopic (exact) mass is 384 g/mol. The quantitative estimate of drug-likeness (QED) is 0.678. The molecule has 2 aromatic rings. The number of hydrogen-bond acceptors (Lipinski definition) is 5. The Morgan fingerprint density at radius 2 is 2.19 bits per heavy atom. The maximum absolute atomic E-state index is 12.4. The van der Waals surface area contributed by atoms with Gasteiger partial charge in [0.1, 0.15) is 6.10 Å². The maximum Gasteiger partial charge on any atom is 0.229 e. The summed E-state index contributed by atoms with van der Waals surface area (Å²) >= 11 is 1.51. The summed E-state index contributed by atoms with van der Waals surface area (Å²) < 4.78 is 11.5. The van der Waals surface area contributed by atoms with E-state index in [2.05, 4.69) is 22.3 Å². The highest BCUT2D eigenvalue weighted by Crippen LogP contribution is 2.41. The Morgan fingerprint density at radius 1 is 1.37 bits per heavy atom. The molecule has 1 amide bonds. The van der Waals surface area contributed by atoms with Crippen LogP contribution in [-0.4, -0.2) is 24.1 Å². The van der Waals surface area contributed by atoms with Crippen LogP contribution in [0, 0.1) is 5.92 Å². The van der Waals surface area contributed by atoms with Crippen LogP contribution in [0.25, 0.3) is 0 Å². The van der Waals surface area contributed by atoms with E-state index < -0.39 is 0 Å². The molecule has 2 fully saturated rings. The Bertz CT molecular complexity index is 838. The molecule has 142 valence electrons. The van der Waals surface area contributed by atoms with Gasteiger partial charge >= 0.3 is 0 Å². The first-order chi connectivity index (χ1) is 13.2. The standard InChI is InChI=1S/C21H24N2O3S/c1-3-4-13-5-8-18(25-2)19(9-13)26-16-10-15(11-16)20(24)23-21-22-17(12-27-21)14-6-7-14/h3,5,8-9,12,14-16H,1,4,6-7,10-11H2,2H3,(H,22,23,24)/t15-,16-. The van der Waals surface area contributed by atoms with Crippen molar-refractivity contribution >= 4 is 22.4 Å². The molecule has 0 unspecified atom stereocenters. The largest absolute Gasteiger partial charge is 0.493 e. The van der Waals surface area contributed by atoms with Gasteiger partial charge in [0.2, 0.25) is 5.91 Å². The second-order valence-electron chi connectivity index (χ2n) is 7.23. The average molecular weight is 385 g/mol. The molecule has 0 saturated heterocycles. The van der Waals surface area contributed by atoms with Gasteiger partial charge in [0.25, 0.3) is 0 Å². The van der Waals surface area contributed by atoms with Gasteiger partial charge < -0.3 is 14.8 Å². The van der Waals surface area contributed by atoms with Crippen LogP contribution < -0.4 is 14.8 Å². The first kappa shape index (κ1) is 18.0. The molecule has 0 aliphatic heterocycles. The molecule has 6 heteroatoms. The minimum atomic E-state index is -0.0226. The molecule has 2 saturated carbocycles. The third-order valence-electron chi connectivity index (χ3n) is 5.12. The molecule has 27 heavy (non-hydrogen) atoms. The van der Waals surface area contributed by atoms with Gasteiger partial charge in [-0.1, -0.05) is 12.1 Å². The summed E-state index contributed by atoms with van der Waals surface area (Å²) in [5.74, 6) is 2.07. The third kappa shape index (κ3) is 4.16. The van der Waals surface area contributed by atoms with Gasteiger partial charge in [-0.05, 0) is 49.8 Å². The van der Waals surface area contributed by atoms with Crippen LogP contribution in [0.3, 0.4) is 0 Å². The lowest BCUT2D eigenvalue weighted by molar-refractivity contribution is -0.125. The van der Waals surface area contributed by atoms with Gasteiger partial charge in [0.15, 0.2) is 16.6 Å². The van der Waals surface area contributed by atoms with E-state index >= 15 is 0 Å². The number of benzene rings is 1. The molecule has 0 radical (unpaired) electrons. The number of methoxy groups -OCH3 is 1. The number of carbonyl (C=O) groups is 1. The number of thiazole rings is 1. The summed E-state index contributed by atoms with van der Waals surface area (Å²) in [5, 5.41) is 5.73. The van der Waals surface area contributed by atoms with E-state index in [9.17, 15) is 4.79 Å². The lowest BCUT2D eigenvalue weighted by Crippen LogP contribution is -2.40. The van der Waals surface area contributed by atoms with Crippen molar-refractivity contribution in [2.24, 2.45) is 5.92 Å². The van der Waals surface area contributed by atoms with E-state index in [4.69, 9.17) is 9.47 Å². The molecule has 2 aliphatic carbocycles. The zero-order chi connectivity index (χ0) is 18.8. The highest BCUT2D eigenvalue weighted by atomic mass is 32.1. The van der Waals surface area contributed by atoms with Crippen molar-refractivity contribution in [2.45, 2.75) is 44.1 Å². The molecular weight excluding hydrogens is 360 g/mol. The summed E-state index contributed by atoms with van der Waals surface area (Å²) in [5.41, 5.74) is 2.25. The average Bonchev–Trinajstić information content (AvgIpc) is 3.38. The molecule has 5 nitrogen and oxygen atoms in total. The highest BCUT2D eigenvalue weighted by molar-refractivity contribution is 7.13. The topological polar surface area (TPSA) is 60.5 Å². The Morgan fingerprint density at radius 3 is 2.89 bits per heavy atom. The SMILES string of the molecule is C=CCc1ccc(OC)c(O[C@H]2C[C@H](C(=O)Nc3nc(C4CC4)cs3)C2)c1. The number of ether oxygens (including phenoxy) is 2. The van der Waals surface area contributed by atoms with E-state index in [-0.39, 0.29) is 17.9 Å². The summed E-state index contributed by atoms with van der Waals surface area (Å²) in [4.78, 5) is 16.9. The van der Waals surface area contributed by atoms with Crippen LogP contribution in [-0.2, 0) is 11.2 Å². The number of allylic oxidation sites excluding steroid dienone is 1. The van der Waals surface area contributed by atoms with Gasteiger partial charge in [0, 0.05) is 17.2 Å². The Kier molecular flexibility index (Phi) is 5.16. The first-order valence-corrected chi connectivity index (χ1v) is 10.2. The first-order valence-electron chi connectivity index (χ1n) is 9.37. The third-order valence-corrected chi connectivity index (χ3v) is 5.89. The van der Waals surface area contributed by atoms with E-state index in [0.29, 0.717) is 29.6 Å². The second-order valence-corrected chi connectivity index (χ2v) is 8.09.